The second-order valence-electron chi connectivity index (χ2n) is 2.68. The average molecular weight is 192 g/mol. The molecule has 3 nitrogen and oxygen atoms in total. The Morgan fingerprint density at radius 2 is 2.36 bits per heavy atom. The van der Waals surface area contributed by atoms with Crippen molar-refractivity contribution in [2.45, 2.75) is 6.92 Å². The zero-order chi connectivity index (χ0) is 10.4. The minimum Gasteiger partial charge on any atom is -0.508 e. The van der Waals surface area contributed by atoms with Gasteiger partial charge in [0.1, 0.15) is 5.75 Å². The molecule has 0 bridgehead atoms. The lowest BCUT2D eigenvalue weighted by Crippen LogP contribution is -1.98. The largest absolute Gasteiger partial charge is 0.508 e. The number of carbonyl (C=O) groups excluding carboxylic acids is 1. The molecule has 0 heterocycles. The number of aromatic hydroxyl groups is 1. The topological polar surface area (TPSA) is 46.5 Å². The summed E-state index contributed by atoms with van der Waals surface area (Å²) in [4.78, 5) is 10.9. The molecular weight excluding hydrogens is 180 g/mol. The summed E-state index contributed by atoms with van der Waals surface area (Å²) in [6.45, 7) is 2.11. The highest BCUT2D eigenvalue weighted by Crippen LogP contribution is 2.11. The van der Waals surface area contributed by atoms with E-state index in [4.69, 9.17) is 9.84 Å². The summed E-state index contributed by atoms with van der Waals surface area (Å²) in [6, 6.07) is 6.63. The Morgan fingerprint density at radius 3 is 3.00 bits per heavy atom. The lowest BCUT2D eigenvalue weighted by Gasteiger charge is -1.96. The Morgan fingerprint density at radius 1 is 1.57 bits per heavy atom. The van der Waals surface area contributed by atoms with E-state index in [1.54, 1.807) is 37.3 Å². The highest BCUT2D eigenvalue weighted by molar-refractivity contribution is 5.87. The van der Waals surface area contributed by atoms with Gasteiger partial charge in [0.15, 0.2) is 0 Å². The van der Waals surface area contributed by atoms with E-state index in [1.165, 1.54) is 6.08 Å². The number of rotatable bonds is 3. The number of hydrogen-bond acceptors (Lipinski definition) is 3. The molecule has 0 aromatic heterocycles. The van der Waals surface area contributed by atoms with Gasteiger partial charge in [-0.15, -0.1) is 0 Å². The monoisotopic (exact) mass is 192 g/mol. The summed E-state index contributed by atoms with van der Waals surface area (Å²) in [5.74, 6) is -0.202. The first-order chi connectivity index (χ1) is 6.72. The molecule has 0 spiro atoms. The van der Waals surface area contributed by atoms with Gasteiger partial charge in [-0.2, -0.15) is 0 Å². The van der Waals surface area contributed by atoms with Gasteiger partial charge in [-0.25, -0.2) is 4.79 Å². The van der Waals surface area contributed by atoms with E-state index in [-0.39, 0.29) is 11.7 Å². The van der Waals surface area contributed by atoms with Crippen LogP contribution >= 0.6 is 0 Å². The first-order valence-corrected chi connectivity index (χ1v) is 4.36. The van der Waals surface area contributed by atoms with Crippen LogP contribution in [0.3, 0.4) is 0 Å². The number of carbonyl (C=O) groups is 1. The number of phenols is 1. The van der Waals surface area contributed by atoms with Crippen LogP contribution in [0.4, 0.5) is 0 Å². The third-order valence-corrected chi connectivity index (χ3v) is 1.57. The van der Waals surface area contributed by atoms with Crippen molar-refractivity contribution in [3.63, 3.8) is 0 Å². The molecule has 0 aliphatic carbocycles. The van der Waals surface area contributed by atoms with Crippen molar-refractivity contribution in [3.8, 4) is 5.75 Å². The van der Waals surface area contributed by atoms with Crippen LogP contribution in [0.15, 0.2) is 30.3 Å². The van der Waals surface area contributed by atoms with Crippen molar-refractivity contribution in [1.82, 2.24) is 0 Å². The van der Waals surface area contributed by atoms with E-state index in [0.717, 1.165) is 5.56 Å². The maximum Gasteiger partial charge on any atom is 0.330 e. The minimum atomic E-state index is -0.379. The first kappa shape index (κ1) is 10.3. The van der Waals surface area contributed by atoms with Crippen molar-refractivity contribution in [2.24, 2.45) is 0 Å². The molecule has 0 fully saturated rings. The smallest absolute Gasteiger partial charge is 0.330 e. The fraction of sp³-hybridized carbons (Fsp3) is 0.182. The second kappa shape index (κ2) is 5.07. The Hall–Kier alpha value is -1.77. The van der Waals surface area contributed by atoms with E-state index in [1.807, 2.05) is 0 Å². The van der Waals surface area contributed by atoms with Gasteiger partial charge < -0.3 is 9.84 Å². The second-order valence-corrected chi connectivity index (χ2v) is 2.68. The molecule has 3 heteroatoms. The molecule has 0 saturated carbocycles. The lowest BCUT2D eigenvalue weighted by molar-refractivity contribution is -0.137. The molecule has 0 unspecified atom stereocenters. The molecule has 14 heavy (non-hydrogen) atoms. The van der Waals surface area contributed by atoms with E-state index < -0.39 is 0 Å². The van der Waals surface area contributed by atoms with Gasteiger partial charge in [0, 0.05) is 6.08 Å². The molecule has 0 aliphatic heterocycles. The standard InChI is InChI=1S/C11H12O3/c1-2-14-11(13)7-6-9-4-3-5-10(12)8-9/h3-8,12H,2H2,1H3/b7-6+. The number of esters is 1. The maximum atomic E-state index is 10.9. The Bertz CT molecular complexity index is 342. The van der Waals surface area contributed by atoms with Crippen molar-refractivity contribution in [2.75, 3.05) is 6.61 Å². The number of hydrogen-bond donors (Lipinski definition) is 1. The van der Waals surface area contributed by atoms with Gasteiger partial charge in [-0.1, -0.05) is 12.1 Å². The van der Waals surface area contributed by atoms with Crippen LogP contribution in [-0.2, 0) is 9.53 Å². The molecule has 0 radical (unpaired) electrons. The predicted octanol–water partition coefficient (Wildman–Crippen LogP) is 1.97. The van der Waals surface area contributed by atoms with Gasteiger partial charge in [-0.05, 0) is 30.7 Å². The summed E-state index contributed by atoms with van der Waals surface area (Å²) in [7, 11) is 0. The Kier molecular flexibility index (Phi) is 3.73. The normalized spacial score (nSPS) is 10.4. The van der Waals surface area contributed by atoms with Gasteiger partial charge in [0.25, 0.3) is 0 Å². The van der Waals surface area contributed by atoms with Crippen LogP contribution in [0.2, 0.25) is 0 Å². The fourth-order valence-corrected chi connectivity index (χ4v) is 0.983. The van der Waals surface area contributed by atoms with E-state index in [9.17, 15) is 4.79 Å². The minimum absolute atomic E-state index is 0.177. The summed E-state index contributed by atoms with van der Waals surface area (Å²) in [5, 5.41) is 9.13. The highest BCUT2D eigenvalue weighted by Gasteiger charge is 1.94. The predicted molar refractivity (Wildman–Crippen MR) is 53.8 cm³/mol. The molecule has 1 aromatic rings. The van der Waals surface area contributed by atoms with E-state index >= 15 is 0 Å². The van der Waals surface area contributed by atoms with Gasteiger partial charge in [-0.3, -0.25) is 0 Å². The lowest BCUT2D eigenvalue weighted by atomic mass is 10.2. The van der Waals surface area contributed by atoms with Crippen molar-refractivity contribution in [3.05, 3.63) is 35.9 Å². The van der Waals surface area contributed by atoms with Crippen molar-refractivity contribution in [1.29, 1.82) is 0 Å². The highest BCUT2D eigenvalue weighted by atomic mass is 16.5. The van der Waals surface area contributed by atoms with Crippen molar-refractivity contribution < 1.29 is 14.6 Å². The summed E-state index contributed by atoms with van der Waals surface area (Å²) < 4.78 is 4.71. The summed E-state index contributed by atoms with van der Waals surface area (Å²) in [5.41, 5.74) is 0.762. The molecule has 0 amide bonds. The van der Waals surface area contributed by atoms with Crippen LogP contribution in [-0.4, -0.2) is 17.7 Å². The molecule has 1 rings (SSSR count). The van der Waals surface area contributed by atoms with Crippen LogP contribution < -0.4 is 0 Å². The third kappa shape index (κ3) is 3.31. The molecule has 1 N–H and O–H groups in total. The van der Waals surface area contributed by atoms with Crippen molar-refractivity contribution >= 4 is 12.0 Å². The van der Waals surface area contributed by atoms with Crippen LogP contribution in [0, 0.1) is 0 Å². The molecular formula is C11H12O3. The Balaban J connectivity index is 2.64. The van der Waals surface area contributed by atoms with Gasteiger partial charge >= 0.3 is 5.97 Å². The quantitative estimate of drug-likeness (QED) is 0.588. The summed E-state index contributed by atoms with van der Waals surface area (Å²) in [6.07, 6.45) is 2.93. The number of ether oxygens (including phenoxy) is 1. The summed E-state index contributed by atoms with van der Waals surface area (Å²) >= 11 is 0. The van der Waals surface area contributed by atoms with E-state index in [2.05, 4.69) is 0 Å². The SMILES string of the molecule is CCOC(=O)/C=C/c1cccc(O)c1. The molecule has 1 aromatic carbocycles. The Labute approximate surface area is 82.6 Å². The third-order valence-electron chi connectivity index (χ3n) is 1.57. The number of benzene rings is 1. The van der Waals surface area contributed by atoms with Crippen LogP contribution in [0.25, 0.3) is 6.08 Å². The first-order valence-electron chi connectivity index (χ1n) is 4.36. The molecule has 0 atom stereocenters. The number of phenolic OH excluding ortho intramolecular Hbond substituents is 1. The van der Waals surface area contributed by atoms with E-state index in [0.29, 0.717) is 6.61 Å². The van der Waals surface area contributed by atoms with Gasteiger partial charge in [0.2, 0.25) is 0 Å². The van der Waals surface area contributed by atoms with Crippen LogP contribution in [0.1, 0.15) is 12.5 Å². The van der Waals surface area contributed by atoms with Gasteiger partial charge in [0.05, 0.1) is 6.61 Å². The average Bonchev–Trinajstić information content (AvgIpc) is 2.15. The molecule has 74 valence electrons. The zero-order valence-corrected chi connectivity index (χ0v) is 7.93. The molecule has 0 aliphatic rings. The molecule has 0 saturated heterocycles. The maximum absolute atomic E-state index is 10.9. The fourth-order valence-electron chi connectivity index (χ4n) is 0.983. The van der Waals surface area contributed by atoms with Crippen LogP contribution in [0.5, 0.6) is 5.75 Å². The zero-order valence-electron chi connectivity index (χ0n) is 7.93.